The molecule has 6 nitrogen and oxygen atoms in total. The number of halogens is 1. The van der Waals surface area contributed by atoms with Crippen LogP contribution in [0.2, 0.25) is 0 Å². The lowest BCUT2D eigenvalue weighted by molar-refractivity contribution is -0.116. The van der Waals surface area contributed by atoms with Crippen LogP contribution in [-0.4, -0.2) is 22.5 Å². The summed E-state index contributed by atoms with van der Waals surface area (Å²) < 4.78 is 25.8. The van der Waals surface area contributed by atoms with Crippen molar-refractivity contribution in [2.45, 2.75) is 18.9 Å². The molecule has 2 aliphatic rings. The first-order chi connectivity index (χ1) is 13.2. The topological polar surface area (TPSA) is 65.4 Å². The van der Waals surface area contributed by atoms with Crippen molar-refractivity contribution in [2.24, 2.45) is 0 Å². The van der Waals surface area contributed by atoms with Crippen molar-refractivity contribution in [3.8, 4) is 11.5 Å². The minimum absolute atomic E-state index is 0.0794. The van der Waals surface area contributed by atoms with Crippen LogP contribution in [-0.2, 0) is 11.3 Å². The van der Waals surface area contributed by atoms with E-state index < -0.39 is 0 Å². The lowest BCUT2D eigenvalue weighted by Gasteiger charge is -2.23. The van der Waals surface area contributed by atoms with Gasteiger partial charge in [0.05, 0.1) is 12.7 Å². The minimum atomic E-state index is -0.294. The maximum Gasteiger partial charge on any atom is 0.231 e. The first-order valence-electron chi connectivity index (χ1n) is 8.67. The molecule has 0 bridgehead atoms. The van der Waals surface area contributed by atoms with Gasteiger partial charge in [-0.2, -0.15) is 5.10 Å². The third-order valence-corrected chi connectivity index (χ3v) is 4.93. The number of carbonyl (C=O) groups is 1. The van der Waals surface area contributed by atoms with Gasteiger partial charge >= 0.3 is 0 Å². The van der Waals surface area contributed by atoms with Crippen molar-refractivity contribution in [1.82, 2.24) is 9.78 Å². The Bertz CT molecular complexity index is 1030. The number of nitrogens with one attached hydrogen (secondary N) is 1. The number of rotatable bonds is 3. The summed E-state index contributed by atoms with van der Waals surface area (Å²) in [5.74, 6) is 1.60. The van der Waals surface area contributed by atoms with Gasteiger partial charge in [0, 0.05) is 17.9 Å². The highest BCUT2D eigenvalue weighted by Crippen LogP contribution is 2.38. The van der Waals surface area contributed by atoms with E-state index in [4.69, 9.17) is 9.47 Å². The largest absolute Gasteiger partial charge is 0.454 e. The standard InChI is InChI=1S/C20H16FN3O3/c21-14-4-2-13(3-5-14)15-8-19(25)23-20-16(15)9-22-24(20)10-12-1-6-17-18(7-12)27-11-26-17/h1-7,9,15H,8,10-11H2,(H,23,25)/t15-/m1/s1. The Labute approximate surface area is 154 Å². The number of carbonyl (C=O) groups excluding carboxylic acids is 1. The quantitative estimate of drug-likeness (QED) is 0.774. The van der Waals surface area contributed by atoms with Gasteiger partial charge in [-0.1, -0.05) is 18.2 Å². The van der Waals surface area contributed by atoms with Crippen LogP contribution in [0.1, 0.15) is 29.0 Å². The summed E-state index contributed by atoms with van der Waals surface area (Å²) in [6.45, 7) is 0.716. The molecule has 1 aromatic heterocycles. The molecule has 0 unspecified atom stereocenters. The van der Waals surface area contributed by atoms with Crippen molar-refractivity contribution in [3.05, 3.63) is 71.2 Å². The average Bonchev–Trinajstić information content (AvgIpc) is 3.29. The Morgan fingerprint density at radius 1 is 1.15 bits per heavy atom. The van der Waals surface area contributed by atoms with Gasteiger partial charge in [-0.25, -0.2) is 9.07 Å². The van der Waals surface area contributed by atoms with E-state index in [0.29, 0.717) is 24.5 Å². The van der Waals surface area contributed by atoms with Crippen molar-refractivity contribution >= 4 is 11.7 Å². The Hall–Kier alpha value is -3.35. The molecule has 0 aliphatic carbocycles. The van der Waals surface area contributed by atoms with Crippen LogP contribution in [0.4, 0.5) is 10.2 Å². The van der Waals surface area contributed by atoms with Crippen LogP contribution < -0.4 is 14.8 Å². The molecular formula is C20H16FN3O3. The summed E-state index contributed by atoms with van der Waals surface area (Å²) in [5, 5.41) is 7.39. The van der Waals surface area contributed by atoms with E-state index in [1.165, 1.54) is 12.1 Å². The lowest BCUT2D eigenvalue weighted by Crippen LogP contribution is -2.25. The number of hydrogen-bond donors (Lipinski definition) is 1. The summed E-state index contributed by atoms with van der Waals surface area (Å²) >= 11 is 0. The Morgan fingerprint density at radius 3 is 2.81 bits per heavy atom. The van der Waals surface area contributed by atoms with Crippen LogP contribution >= 0.6 is 0 Å². The number of amides is 1. The van der Waals surface area contributed by atoms with E-state index in [0.717, 1.165) is 22.4 Å². The third kappa shape index (κ3) is 2.81. The second kappa shape index (κ2) is 6.12. The summed E-state index contributed by atoms with van der Waals surface area (Å²) in [7, 11) is 0. The minimum Gasteiger partial charge on any atom is -0.454 e. The van der Waals surface area contributed by atoms with Gasteiger partial charge in [-0.3, -0.25) is 4.79 Å². The van der Waals surface area contributed by atoms with Gasteiger partial charge < -0.3 is 14.8 Å². The first-order valence-corrected chi connectivity index (χ1v) is 8.67. The van der Waals surface area contributed by atoms with E-state index in [1.807, 2.05) is 18.2 Å². The van der Waals surface area contributed by atoms with Gasteiger partial charge in [0.15, 0.2) is 11.5 Å². The molecule has 1 N–H and O–H groups in total. The Morgan fingerprint density at radius 2 is 1.96 bits per heavy atom. The molecule has 27 heavy (non-hydrogen) atoms. The van der Waals surface area contributed by atoms with E-state index in [9.17, 15) is 9.18 Å². The van der Waals surface area contributed by atoms with E-state index in [2.05, 4.69) is 10.4 Å². The highest BCUT2D eigenvalue weighted by atomic mass is 19.1. The molecule has 5 rings (SSSR count). The second-order valence-corrected chi connectivity index (χ2v) is 6.65. The number of hydrogen-bond acceptors (Lipinski definition) is 4. The number of benzene rings is 2. The summed E-state index contributed by atoms with van der Waals surface area (Å²) in [6.07, 6.45) is 2.09. The molecular weight excluding hydrogens is 349 g/mol. The second-order valence-electron chi connectivity index (χ2n) is 6.65. The lowest BCUT2D eigenvalue weighted by atomic mass is 9.87. The molecule has 1 amide bonds. The number of nitrogens with zero attached hydrogens (tertiary/aromatic N) is 2. The fourth-order valence-corrected chi connectivity index (χ4v) is 3.59. The Kier molecular flexibility index (Phi) is 3.60. The van der Waals surface area contributed by atoms with Crippen molar-refractivity contribution in [1.29, 1.82) is 0 Å². The molecule has 0 saturated heterocycles. The van der Waals surface area contributed by atoms with Crippen molar-refractivity contribution in [2.75, 3.05) is 12.1 Å². The zero-order valence-electron chi connectivity index (χ0n) is 14.3. The van der Waals surface area contributed by atoms with E-state index >= 15 is 0 Å². The molecule has 0 radical (unpaired) electrons. The zero-order chi connectivity index (χ0) is 18.4. The monoisotopic (exact) mass is 365 g/mol. The van der Waals surface area contributed by atoms with Crippen LogP contribution in [0, 0.1) is 5.82 Å². The Balaban J connectivity index is 1.48. The summed E-state index contributed by atoms with van der Waals surface area (Å²) in [6, 6.07) is 12.0. The molecule has 0 spiro atoms. The number of ether oxygens (including phenoxy) is 2. The van der Waals surface area contributed by atoms with Crippen LogP contribution in [0.15, 0.2) is 48.7 Å². The first kappa shape index (κ1) is 15.9. The molecule has 3 heterocycles. The maximum absolute atomic E-state index is 13.3. The SMILES string of the molecule is O=C1C[C@H](c2ccc(F)cc2)c2cnn(Cc3ccc4c(c3)OCO4)c2N1. The van der Waals surface area contributed by atoms with Crippen molar-refractivity contribution in [3.63, 3.8) is 0 Å². The smallest absolute Gasteiger partial charge is 0.231 e. The zero-order valence-corrected chi connectivity index (χ0v) is 14.3. The van der Waals surface area contributed by atoms with E-state index in [-0.39, 0.29) is 24.4 Å². The number of aromatic nitrogens is 2. The fraction of sp³-hybridized carbons (Fsp3) is 0.200. The molecule has 0 saturated carbocycles. The molecule has 7 heteroatoms. The number of anilines is 1. The van der Waals surface area contributed by atoms with E-state index in [1.54, 1.807) is 23.0 Å². The molecule has 0 fully saturated rings. The highest BCUT2D eigenvalue weighted by Gasteiger charge is 2.30. The molecule has 1 atom stereocenters. The molecule has 3 aromatic rings. The molecule has 2 aliphatic heterocycles. The van der Waals surface area contributed by atoms with Gasteiger partial charge in [0.2, 0.25) is 12.7 Å². The van der Waals surface area contributed by atoms with Crippen LogP contribution in [0.3, 0.4) is 0 Å². The number of fused-ring (bicyclic) bond motifs is 2. The van der Waals surface area contributed by atoms with Crippen LogP contribution in [0.25, 0.3) is 0 Å². The summed E-state index contributed by atoms with van der Waals surface area (Å²) in [5.41, 5.74) is 2.82. The van der Waals surface area contributed by atoms with Gasteiger partial charge in [0.1, 0.15) is 11.6 Å². The highest BCUT2D eigenvalue weighted by molar-refractivity contribution is 5.94. The third-order valence-electron chi connectivity index (χ3n) is 4.93. The molecule has 136 valence electrons. The van der Waals surface area contributed by atoms with Crippen LogP contribution in [0.5, 0.6) is 11.5 Å². The average molecular weight is 365 g/mol. The maximum atomic E-state index is 13.3. The van der Waals surface area contributed by atoms with Gasteiger partial charge in [0.25, 0.3) is 0 Å². The summed E-state index contributed by atoms with van der Waals surface area (Å²) in [4.78, 5) is 12.3. The fourth-order valence-electron chi connectivity index (χ4n) is 3.59. The molecule has 2 aromatic carbocycles. The predicted molar refractivity (Wildman–Crippen MR) is 95.4 cm³/mol. The predicted octanol–water partition coefficient (Wildman–Crippen LogP) is 3.27. The van der Waals surface area contributed by atoms with Crippen molar-refractivity contribution < 1.29 is 18.7 Å². The van der Waals surface area contributed by atoms with Gasteiger partial charge in [-0.05, 0) is 35.4 Å². The van der Waals surface area contributed by atoms with Gasteiger partial charge in [-0.15, -0.1) is 0 Å². The normalized spacial score (nSPS) is 17.5.